The van der Waals surface area contributed by atoms with Crippen molar-refractivity contribution < 1.29 is 19.5 Å². The molecule has 1 aliphatic heterocycles. The van der Waals surface area contributed by atoms with Crippen molar-refractivity contribution in [2.75, 3.05) is 6.54 Å². The molecule has 1 aliphatic rings. The summed E-state index contributed by atoms with van der Waals surface area (Å²) in [5.41, 5.74) is 0. The Morgan fingerprint density at radius 1 is 1.52 bits per heavy atom. The van der Waals surface area contributed by atoms with Gasteiger partial charge in [-0.25, -0.2) is 4.79 Å². The molecule has 21 heavy (non-hydrogen) atoms. The molecule has 7 heteroatoms. The van der Waals surface area contributed by atoms with E-state index in [9.17, 15) is 14.4 Å². The van der Waals surface area contributed by atoms with Crippen molar-refractivity contribution in [1.29, 1.82) is 0 Å². The zero-order valence-corrected chi connectivity index (χ0v) is 12.6. The first-order valence-electron chi connectivity index (χ1n) is 6.92. The van der Waals surface area contributed by atoms with Gasteiger partial charge >= 0.3 is 5.97 Å². The summed E-state index contributed by atoms with van der Waals surface area (Å²) in [5.74, 6) is -1.60. The fourth-order valence-electron chi connectivity index (χ4n) is 2.43. The molecular weight excluding hydrogens is 292 g/mol. The van der Waals surface area contributed by atoms with Crippen LogP contribution in [0.15, 0.2) is 17.5 Å². The number of rotatable bonds is 5. The number of likely N-dealkylation sites (tertiary alicyclic amines) is 1. The second kappa shape index (κ2) is 6.71. The Hall–Kier alpha value is -1.89. The molecule has 1 aromatic rings. The molecule has 1 fully saturated rings. The van der Waals surface area contributed by atoms with E-state index in [1.807, 2.05) is 5.38 Å². The first-order valence-corrected chi connectivity index (χ1v) is 7.80. The Bertz CT molecular complexity index is 529. The number of nitrogens with one attached hydrogen (secondary N) is 1. The minimum absolute atomic E-state index is 0.161. The number of carboxylic acid groups (broad SMARTS) is 1. The summed E-state index contributed by atoms with van der Waals surface area (Å²) in [6.45, 7) is 2.22. The van der Waals surface area contributed by atoms with Crippen LogP contribution >= 0.6 is 11.3 Å². The summed E-state index contributed by atoms with van der Waals surface area (Å²) in [6, 6.07) is 2.04. The van der Waals surface area contributed by atoms with Gasteiger partial charge < -0.3 is 15.3 Å². The van der Waals surface area contributed by atoms with E-state index in [0.29, 0.717) is 24.3 Å². The van der Waals surface area contributed by atoms with E-state index < -0.39 is 18.1 Å². The zero-order valence-electron chi connectivity index (χ0n) is 11.7. The van der Waals surface area contributed by atoms with Crippen molar-refractivity contribution in [2.45, 2.75) is 38.3 Å². The highest BCUT2D eigenvalue weighted by Gasteiger charge is 2.36. The van der Waals surface area contributed by atoms with Crippen LogP contribution in [0.5, 0.6) is 0 Å². The van der Waals surface area contributed by atoms with Gasteiger partial charge in [0.2, 0.25) is 5.91 Å². The minimum Gasteiger partial charge on any atom is -0.480 e. The Labute approximate surface area is 126 Å². The molecule has 2 heterocycles. The Kier molecular flexibility index (Phi) is 4.95. The summed E-state index contributed by atoms with van der Waals surface area (Å²) < 4.78 is 0. The van der Waals surface area contributed by atoms with Crippen LogP contribution in [0.3, 0.4) is 0 Å². The molecule has 2 atom stereocenters. The van der Waals surface area contributed by atoms with Gasteiger partial charge in [0.1, 0.15) is 12.1 Å². The fraction of sp³-hybridized carbons (Fsp3) is 0.500. The van der Waals surface area contributed by atoms with E-state index in [1.165, 1.54) is 16.2 Å². The molecular formula is C14H18N2O4S. The number of hydrogen-bond donors (Lipinski definition) is 2. The SMILES string of the molecule is CCC(NC(=O)C1CCCN1C(=O)c1cccs1)C(=O)O. The third kappa shape index (κ3) is 3.41. The van der Waals surface area contributed by atoms with Gasteiger partial charge in [0.25, 0.3) is 5.91 Å². The van der Waals surface area contributed by atoms with E-state index in [4.69, 9.17) is 5.11 Å². The zero-order chi connectivity index (χ0) is 15.4. The van der Waals surface area contributed by atoms with Gasteiger partial charge in [-0.3, -0.25) is 9.59 Å². The van der Waals surface area contributed by atoms with Crippen LogP contribution < -0.4 is 5.32 Å². The van der Waals surface area contributed by atoms with Crippen LogP contribution in [0.4, 0.5) is 0 Å². The molecule has 2 rings (SSSR count). The van der Waals surface area contributed by atoms with Gasteiger partial charge in [0.15, 0.2) is 0 Å². The maximum atomic E-state index is 12.4. The average molecular weight is 310 g/mol. The van der Waals surface area contributed by atoms with E-state index in [0.717, 1.165) is 6.42 Å². The molecule has 0 saturated carbocycles. The number of carbonyl (C=O) groups is 3. The second-order valence-electron chi connectivity index (χ2n) is 4.94. The number of thiophene rings is 1. The summed E-state index contributed by atoms with van der Waals surface area (Å²) in [4.78, 5) is 37.7. The summed E-state index contributed by atoms with van der Waals surface area (Å²) >= 11 is 1.34. The standard InChI is InChI=1S/C14H18N2O4S/c1-2-9(14(19)20)15-12(17)10-5-3-7-16(10)13(18)11-6-4-8-21-11/h4,6,8-10H,2-3,5,7H2,1H3,(H,15,17)(H,19,20). The first kappa shape index (κ1) is 15.5. The topological polar surface area (TPSA) is 86.7 Å². The lowest BCUT2D eigenvalue weighted by atomic mass is 10.1. The highest BCUT2D eigenvalue weighted by molar-refractivity contribution is 7.12. The second-order valence-corrected chi connectivity index (χ2v) is 5.89. The monoisotopic (exact) mass is 310 g/mol. The predicted molar refractivity (Wildman–Crippen MR) is 78.2 cm³/mol. The first-order chi connectivity index (χ1) is 10.0. The maximum absolute atomic E-state index is 12.4. The van der Waals surface area contributed by atoms with Gasteiger partial charge in [-0.05, 0) is 30.7 Å². The largest absolute Gasteiger partial charge is 0.480 e. The molecule has 0 radical (unpaired) electrons. The normalized spacial score (nSPS) is 19.3. The molecule has 6 nitrogen and oxygen atoms in total. The summed E-state index contributed by atoms with van der Waals surface area (Å²) in [5, 5.41) is 13.3. The van der Waals surface area contributed by atoms with Crippen LogP contribution in [0.1, 0.15) is 35.9 Å². The van der Waals surface area contributed by atoms with Crippen LogP contribution in [0.2, 0.25) is 0 Å². The van der Waals surface area contributed by atoms with Crippen molar-refractivity contribution in [3.05, 3.63) is 22.4 Å². The minimum atomic E-state index is -1.06. The number of carbonyl (C=O) groups excluding carboxylic acids is 2. The molecule has 0 aromatic carbocycles. The number of hydrogen-bond acceptors (Lipinski definition) is 4. The molecule has 0 aliphatic carbocycles. The van der Waals surface area contributed by atoms with E-state index in [-0.39, 0.29) is 11.8 Å². The van der Waals surface area contributed by atoms with E-state index >= 15 is 0 Å². The maximum Gasteiger partial charge on any atom is 0.326 e. The quantitative estimate of drug-likeness (QED) is 0.859. The molecule has 0 spiro atoms. The Balaban J connectivity index is 2.06. The Morgan fingerprint density at radius 2 is 2.29 bits per heavy atom. The summed E-state index contributed by atoms with van der Waals surface area (Å²) in [6.07, 6.45) is 1.63. The third-order valence-electron chi connectivity index (χ3n) is 3.57. The third-order valence-corrected chi connectivity index (χ3v) is 4.43. The van der Waals surface area contributed by atoms with Crippen LogP contribution in [-0.2, 0) is 9.59 Å². The number of amides is 2. The van der Waals surface area contributed by atoms with Gasteiger partial charge in [-0.2, -0.15) is 0 Å². The molecule has 2 amide bonds. The van der Waals surface area contributed by atoms with Gasteiger partial charge in [-0.15, -0.1) is 11.3 Å². The summed E-state index contributed by atoms with van der Waals surface area (Å²) in [7, 11) is 0. The van der Waals surface area contributed by atoms with E-state index in [1.54, 1.807) is 19.1 Å². The van der Waals surface area contributed by atoms with Crippen molar-refractivity contribution in [2.24, 2.45) is 0 Å². The number of nitrogens with zero attached hydrogens (tertiary/aromatic N) is 1. The van der Waals surface area contributed by atoms with Crippen molar-refractivity contribution in [3.63, 3.8) is 0 Å². The van der Waals surface area contributed by atoms with Gasteiger partial charge in [0, 0.05) is 6.54 Å². The van der Waals surface area contributed by atoms with Crippen molar-refractivity contribution >= 4 is 29.1 Å². The predicted octanol–water partition coefficient (Wildman–Crippen LogP) is 1.33. The molecule has 2 unspecified atom stereocenters. The lowest BCUT2D eigenvalue weighted by Gasteiger charge is -2.24. The lowest BCUT2D eigenvalue weighted by Crippen LogP contribution is -2.50. The van der Waals surface area contributed by atoms with Crippen LogP contribution in [-0.4, -0.2) is 46.4 Å². The molecule has 1 saturated heterocycles. The van der Waals surface area contributed by atoms with Crippen molar-refractivity contribution in [1.82, 2.24) is 10.2 Å². The molecule has 1 aromatic heterocycles. The number of aliphatic carboxylic acids is 1. The molecule has 2 N–H and O–H groups in total. The molecule has 114 valence electrons. The Morgan fingerprint density at radius 3 is 2.86 bits per heavy atom. The van der Waals surface area contributed by atoms with Crippen molar-refractivity contribution in [3.8, 4) is 0 Å². The highest BCUT2D eigenvalue weighted by atomic mass is 32.1. The highest BCUT2D eigenvalue weighted by Crippen LogP contribution is 2.22. The molecule has 0 bridgehead atoms. The van der Waals surface area contributed by atoms with Crippen LogP contribution in [0, 0.1) is 0 Å². The smallest absolute Gasteiger partial charge is 0.326 e. The average Bonchev–Trinajstić information content (AvgIpc) is 3.13. The fourth-order valence-corrected chi connectivity index (χ4v) is 3.11. The van der Waals surface area contributed by atoms with Crippen LogP contribution in [0.25, 0.3) is 0 Å². The van der Waals surface area contributed by atoms with Gasteiger partial charge in [-0.1, -0.05) is 13.0 Å². The number of carboxylic acids is 1. The lowest BCUT2D eigenvalue weighted by molar-refractivity contribution is -0.142. The van der Waals surface area contributed by atoms with Gasteiger partial charge in [0.05, 0.1) is 4.88 Å². The van der Waals surface area contributed by atoms with E-state index in [2.05, 4.69) is 5.32 Å².